The van der Waals surface area contributed by atoms with E-state index in [1.807, 2.05) is 24.3 Å². The fourth-order valence-electron chi connectivity index (χ4n) is 1.88. The maximum Gasteiger partial charge on any atom is 0.239 e. The van der Waals surface area contributed by atoms with Crippen molar-refractivity contribution in [2.24, 2.45) is 0 Å². The van der Waals surface area contributed by atoms with Crippen LogP contribution in [0.3, 0.4) is 0 Å². The Morgan fingerprint density at radius 1 is 1.50 bits per heavy atom. The molecule has 1 atom stereocenters. The van der Waals surface area contributed by atoms with Gasteiger partial charge in [-0.05, 0) is 18.1 Å². The van der Waals surface area contributed by atoms with E-state index in [1.54, 1.807) is 0 Å². The van der Waals surface area contributed by atoms with Gasteiger partial charge in [0, 0.05) is 18.1 Å². The normalized spacial score (nSPS) is 19.5. The summed E-state index contributed by atoms with van der Waals surface area (Å²) in [5, 5.41) is 6.75. The van der Waals surface area contributed by atoms with Gasteiger partial charge in [-0.2, -0.15) is 0 Å². The Morgan fingerprint density at radius 3 is 3.06 bits per heavy atom. The largest absolute Gasteiger partial charge is 0.378 e. The molecule has 98 valence electrons. The lowest BCUT2D eigenvalue weighted by molar-refractivity contribution is -0.125. The Bertz CT molecular complexity index is 406. The predicted molar refractivity (Wildman–Crippen MR) is 70.8 cm³/mol. The summed E-state index contributed by atoms with van der Waals surface area (Å²) in [6.45, 7) is 2.42. The molecule has 1 aliphatic heterocycles. The second-order valence-electron chi connectivity index (χ2n) is 4.21. The average Bonchev–Trinajstić information content (AvgIpc) is 2.42. The molecule has 1 saturated heterocycles. The number of benzene rings is 1. The minimum Gasteiger partial charge on any atom is -0.378 e. The maximum absolute atomic E-state index is 11.8. The topological polar surface area (TPSA) is 50.4 Å². The highest BCUT2D eigenvalue weighted by Gasteiger charge is 2.20. The lowest BCUT2D eigenvalue weighted by Crippen LogP contribution is -2.51. The quantitative estimate of drug-likeness (QED) is 0.856. The van der Waals surface area contributed by atoms with Crippen LogP contribution < -0.4 is 10.6 Å². The van der Waals surface area contributed by atoms with Crippen LogP contribution in [0.5, 0.6) is 0 Å². The number of morpholine rings is 1. The molecule has 1 unspecified atom stereocenters. The van der Waals surface area contributed by atoms with Crippen LogP contribution in [0.2, 0.25) is 5.02 Å². The van der Waals surface area contributed by atoms with Gasteiger partial charge in [-0.1, -0.05) is 29.8 Å². The van der Waals surface area contributed by atoms with Crippen molar-refractivity contribution in [1.82, 2.24) is 10.6 Å². The molecule has 0 aliphatic carbocycles. The molecule has 0 radical (unpaired) electrons. The van der Waals surface area contributed by atoms with Crippen molar-refractivity contribution in [3.63, 3.8) is 0 Å². The van der Waals surface area contributed by atoms with E-state index in [0.29, 0.717) is 19.8 Å². The number of rotatable bonds is 4. The van der Waals surface area contributed by atoms with Gasteiger partial charge in [0.1, 0.15) is 6.04 Å². The number of carbonyl (C=O) groups is 1. The Kier molecular flexibility index (Phi) is 4.99. The molecule has 0 bridgehead atoms. The standard InChI is InChI=1S/C13H17ClN2O2/c14-11-4-2-1-3-10(11)5-6-16-13(17)12-9-18-8-7-15-12/h1-4,12,15H,5-9H2,(H,16,17). The summed E-state index contributed by atoms with van der Waals surface area (Å²) >= 11 is 6.04. The SMILES string of the molecule is O=C(NCCc1ccccc1Cl)C1COCCN1. The van der Waals surface area contributed by atoms with Crippen LogP contribution in [0.15, 0.2) is 24.3 Å². The first-order valence-corrected chi connectivity index (χ1v) is 6.47. The van der Waals surface area contributed by atoms with Crippen molar-refractivity contribution in [3.8, 4) is 0 Å². The highest BCUT2D eigenvalue weighted by Crippen LogP contribution is 2.14. The van der Waals surface area contributed by atoms with Gasteiger partial charge >= 0.3 is 0 Å². The summed E-state index contributed by atoms with van der Waals surface area (Å²) in [4.78, 5) is 11.8. The second kappa shape index (κ2) is 6.73. The van der Waals surface area contributed by atoms with Crippen molar-refractivity contribution in [1.29, 1.82) is 0 Å². The minimum absolute atomic E-state index is 0.0123. The number of amides is 1. The van der Waals surface area contributed by atoms with Gasteiger partial charge in [0.2, 0.25) is 5.91 Å². The van der Waals surface area contributed by atoms with Crippen molar-refractivity contribution in [2.75, 3.05) is 26.3 Å². The summed E-state index contributed by atoms with van der Waals surface area (Å²) < 4.78 is 5.24. The van der Waals surface area contributed by atoms with E-state index in [1.165, 1.54) is 0 Å². The third kappa shape index (κ3) is 3.70. The van der Waals surface area contributed by atoms with Crippen LogP contribution in [0.1, 0.15) is 5.56 Å². The Balaban J connectivity index is 1.75. The average molecular weight is 269 g/mol. The van der Waals surface area contributed by atoms with Gasteiger partial charge in [0.25, 0.3) is 0 Å². The number of ether oxygens (including phenoxy) is 1. The van der Waals surface area contributed by atoms with Gasteiger partial charge in [-0.15, -0.1) is 0 Å². The maximum atomic E-state index is 11.8. The molecule has 1 aromatic carbocycles. The van der Waals surface area contributed by atoms with Gasteiger partial charge in [0.05, 0.1) is 13.2 Å². The smallest absolute Gasteiger partial charge is 0.239 e. The highest BCUT2D eigenvalue weighted by atomic mass is 35.5. The molecule has 1 heterocycles. The minimum atomic E-state index is -0.231. The molecule has 1 fully saturated rings. The molecule has 1 amide bonds. The molecular weight excluding hydrogens is 252 g/mol. The highest BCUT2D eigenvalue weighted by molar-refractivity contribution is 6.31. The van der Waals surface area contributed by atoms with Gasteiger partial charge in [-0.3, -0.25) is 4.79 Å². The number of halogens is 1. The van der Waals surface area contributed by atoms with Crippen molar-refractivity contribution >= 4 is 17.5 Å². The van der Waals surface area contributed by atoms with Crippen molar-refractivity contribution in [2.45, 2.75) is 12.5 Å². The second-order valence-corrected chi connectivity index (χ2v) is 4.62. The summed E-state index contributed by atoms with van der Waals surface area (Å²) in [6, 6.07) is 7.43. The van der Waals surface area contributed by atoms with E-state index < -0.39 is 0 Å². The third-order valence-electron chi connectivity index (χ3n) is 2.89. The zero-order chi connectivity index (χ0) is 12.8. The Hall–Kier alpha value is -1.10. The molecule has 1 aromatic rings. The molecular formula is C13H17ClN2O2. The third-order valence-corrected chi connectivity index (χ3v) is 3.26. The van der Waals surface area contributed by atoms with Gasteiger partial charge in [0.15, 0.2) is 0 Å². The fraction of sp³-hybridized carbons (Fsp3) is 0.462. The van der Waals surface area contributed by atoms with Crippen LogP contribution in [0, 0.1) is 0 Å². The van der Waals surface area contributed by atoms with Gasteiger partial charge < -0.3 is 15.4 Å². The first-order chi connectivity index (χ1) is 8.77. The van der Waals surface area contributed by atoms with Crippen LogP contribution in [0.25, 0.3) is 0 Å². The molecule has 18 heavy (non-hydrogen) atoms. The van der Waals surface area contributed by atoms with Crippen LogP contribution in [-0.4, -0.2) is 38.3 Å². The number of hydrogen-bond donors (Lipinski definition) is 2. The molecule has 0 spiro atoms. The molecule has 5 heteroatoms. The van der Waals surface area contributed by atoms with Crippen molar-refractivity contribution in [3.05, 3.63) is 34.9 Å². The number of nitrogens with one attached hydrogen (secondary N) is 2. The Labute approximate surface area is 112 Å². The lowest BCUT2D eigenvalue weighted by Gasteiger charge is -2.22. The van der Waals surface area contributed by atoms with Crippen LogP contribution >= 0.6 is 11.6 Å². The molecule has 0 saturated carbocycles. The van der Waals surface area contributed by atoms with E-state index >= 15 is 0 Å². The van der Waals surface area contributed by atoms with Gasteiger partial charge in [-0.25, -0.2) is 0 Å². The van der Waals surface area contributed by atoms with Crippen LogP contribution in [-0.2, 0) is 16.0 Å². The summed E-state index contributed by atoms with van der Waals surface area (Å²) in [5.41, 5.74) is 1.05. The van der Waals surface area contributed by atoms with E-state index in [9.17, 15) is 4.79 Å². The summed E-state index contributed by atoms with van der Waals surface area (Å²) in [7, 11) is 0. The molecule has 0 aromatic heterocycles. The van der Waals surface area contributed by atoms with Crippen molar-refractivity contribution < 1.29 is 9.53 Å². The lowest BCUT2D eigenvalue weighted by atomic mass is 10.1. The Morgan fingerprint density at radius 2 is 2.33 bits per heavy atom. The molecule has 2 rings (SSSR count). The summed E-state index contributed by atoms with van der Waals surface area (Å²) in [6.07, 6.45) is 0.735. The van der Waals surface area contributed by atoms with E-state index in [-0.39, 0.29) is 11.9 Å². The predicted octanol–water partition coefficient (Wildman–Crippen LogP) is 0.987. The van der Waals surface area contributed by atoms with E-state index in [2.05, 4.69) is 10.6 Å². The number of carbonyl (C=O) groups excluding carboxylic acids is 1. The van der Waals surface area contributed by atoms with E-state index in [4.69, 9.17) is 16.3 Å². The molecule has 2 N–H and O–H groups in total. The van der Waals surface area contributed by atoms with E-state index in [0.717, 1.165) is 23.6 Å². The molecule has 4 nitrogen and oxygen atoms in total. The van der Waals surface area contributed by atoms with Crippen LogP contribution in [0.4, 0.5) is 0 Å². The summed E-state index contributed by atoms with van der Waals surface area (Å²) in [5.74, 6) is -0.0123. The molecule has 1 aliphatic rings. The number of hydrogen-bond acceptors (Lipinski definition) is 3. The first-order valence-electron chi connectivity index (χ1n) is 6.09. The fourth-order valence-corrected chi connectivity index (χ4v) is 2.11. The first kappa shape index (κ1) is 13.3. The zero-order valence-electron chi connectivity index (χ0n) is 10.1. The monoisotopic (exact) mass is 268 g/mol. The zero-order valence-corrected chi connectivity index (χ0v) is 10.9.